The summed E-state index contributed by atoms with van der Waals surface area (Å²) in [6.45, 7) is 1.72. The lowest BCUT2D eigenvalue weighted by atomic mass is 9.89. The minimum Gasteiger partial charge on any atom is -0.481 e. The SMILES string of the molecule is CC(N)C(C(=O)O)c1cccc2ccccc12. The second-order valence-electron chi connectivity index (χ2n) is 4.24. The van der Waals surface area contributed by atoms with Crippen LogP contribution in [0.4, 0.5) is 0 Å². The van der Waals surface area contributed by atoms with Crippen LogP contribution >= 0.6 is 0 Å². The summed E-state index contributed by atoms with van der Waals surface area (Å²) in [7, 11) is 0. The Morgan fingerprint density at radius 1 is 1.18 bits per heavy atom. The molecule has 0 saturated heterocycles. The van der Waals surface area contributed by atoms with Crippen molar-refractivity contribution in [2.45, 2.75) is 18.9 Å². The number of carboxylic acid groups (broad SMARTS) is 1. The minimum atomic E-state index is -0.878. The van der Waals surface area contributed by atoms with Crippen molar-refractivity contribution in [2.75, 3.05) is 0 Å². The Bertz CT molecular complexity index is 543. The Kier molecular flexibility index (Phi) is 3.11. The summed E-state index contributed by atoms with van der Waals surface area (Å²) in [4.78, 5) is 11.3. The summed E-state index contributed by atoms with van der Waals surface area (Å²) < 4.78 is 0. The second-order valence-corrected chi connectivity index (χ2v) is 4.24. The molecule has 0 aliphatic rings. The van der Waals surface area contributed by atoms with E-state index in [0.29, 0.717) is 0 Å². The van der Waals surface area contributed by atoms with Gasteiger partial charge in [-0.1, -0.05) is 42.5 Å². The van der Waals surface area contributed by atoms with Crippen molar-refractivity contribution in [1.29, 1.82) is 0 Å². The molecule has 0 saturated carbocycles. The fourth-order valence-electron chi connectivity index (χ4n) is 2.16. The standard InChI is InChI=1S/C14H15NO2/c1-9(15)13(14(16)17)12-8-4-6-10-5-2-3-7-11(10)12/h2-9,13H,15H2,1H3,(H,16,17). The predicted octanol–water partition coefficient (Wildman–Crippen LogP) is 2.36. The number of carboxylic acids is 1. The lowest BCUT2D eigenvalue weighted by Gasteiger charge is -2.18. The van der Waals surface area contributed by atoms with Crippen LogP contribution in [-0.2, 0) is 4.79 Å². The molecule has 0 aliphatic carbocycles. The minimum absolute atomic E-state index is 0.418. The fraction of sp³-hybridized carbons (Fsp3) is 0.214. The molecule has 2 aromatic rings. The fourth-order valence-corrected chi connectivity index (χ4v) is 2.16. The maximum atomic E-state index is 11.3. The summed E-state index contributed by atoms with van der Waals surface area (Å²) in [5.74, 6) is -1.54. The topological polar surface area (TPSA) is 63.3 Å². The molecule has 0 radical (unpaired) electrons. The van der Waals surface area contributed by atoms with Gasteiger partial charge in [-0.2, -0.15) is 0 Å². The highest BCUT2D eigenvalue weighted by Gasteiger charge is 2.25. The molecule has 17 heavy (non-hydrogen) atoms. The first-order valence-corrected chi connectivity index (χ1v) is 5.57. The molecule has 0 fully saturated rings. The van der Waals surface area contributed by atoms with Crippen molar-refractivity contribution in [2.24, 2.45) is 5.73 Å². The van der Waals surface area contributed by atoms with Crippen molar-refractivity contribution in [1.82, 2.24) is 0 Å². The van der Waals surface area contributed by atoms with Gasteiger partial charge in [0.15, 0.2) is 0 Å². The summed E-state index contributed by atoms with van der Waals surface area (Å²) in [6.07, 6.45) is 0. The Labute approximate surface area is 99.9 Å². The van der Waals surface area contributed by atoms with Gasteiger partial charge in [-0.3, -0.25) is 4.79 Å². The van der Waals surface area contributed by atoms with E-state index in [1.54, 1.807) is 6.92 Å². The van der Waals surface area contributed by atoms with Gasteiger partial charge in [-0.25, -0.2) is 0 Å². The molecule has 0 amide bonds. The van der Waals surface area contributed by atoms with E-state index in [1.165, 1.54) is 0 Å². The van der Waals surface area contributed by atoms with Crippen molar-refractivity contribution >= 4 is 16.7 Å². The molecule has 0 spiro atoms. The van der Waals surface area contributed by atoms with Gasteiger partial charge in [0.05, 0.1) is 5.92 Å². The van der Waals surface area contributed by atoms with E-state index in [9.17, 15) is 9.90 Å². The van der Waals surface area contributed by atoms with Crippen molar-refractivity contribution in [3.05, 3.63) is 48.0 Å². The van der Waals surface area contributed by atoms with Gasteiger partial charge in [0.1, 0.15) is 0 Å². The lowest BCUT2D eigenvalue weighted by Crippen LogP contribution is -2.30. The maximum Gasteiger partial charge on any atom is 0.312 e. The molecule has 3 nitrogen and oxygen atoms in total. The summed E-state index contributed by atoms with van der Waals surface area (Å²) in [5.41, 5.74) is 6.56. The molecule has 0 bridgehead atoms. The molecule has 3 heteroatoms. The zero-order chi connectivity index (χ0) is 12.4. The first kappa shape index (κ1) is 11.6. The van der Waals surface area contributed by atoms with Gasteiger partial charge in [-0.15, -0.1) is 0 Å². The van der Waals surface area contributed by atoms with E-state index >= 15 is 0 Å². The third kappa shape index (κ3) is 2.15. The zero-order valence-corrected chi connectivity index (χ0v) is 9.63. The van der Waals surface area contributed by atoms with Crippen LogP contribution < -0.4 is 5.73 Å². The van der Waals surface area contributed by atoms with Crippen molar-refractivity contribution in [3.63, 3.8) is 0 Å². The molecule has 0 aliphatic heterocycles. The van der Waals surface area contributed by atoms with Crippen LogP contribution in [0.3, 0.4) is 0 Å². The van der Waals surface area contributed by atoms with E-state index in [1.807, 2.05) is 42.5 Å². The van der Waals surface area contributed by atoms with Crippen molar-refractivity contribution < 1.29 is 9.90 Å². The van der Waals surface area contributed by atoms with Crippen LogP contribution in [0.15, 0.2) is 42.5 Å². The number of benzene rings is 2. The molecule has 3 N–H and O–H groups in total. The third-order valence-electron chi connectivity index (χ3n) is 2.95. The Hall–Kier alpha value is -1.87. The largest absolute Gasteiger partial charge is 0.481 e. The van der Waals surface area contributed by atoms with E-state index < -0.39 is 17.9 Å². The van der Waals surface area contributed by atoms with E-state index in [0.717, 1.165) is 16.3 Å². The summed E-state index contributed by atoms with van der Waals surface area (Å²) in [6, 6.07) is 13.0. The average Bonchev–Trinajstić information content (AvgIpc) is 2.28. The number of aliphatic carboxylic acids is 1. The molecule has 2 rings (SSSR count). The molecule has 0 aromatic heterocycles. The zero-order valence-electron chi connectivity index (χ0n) is 9.63. The second kappa shape index (κ2) is 4.55. The predicted molar refractivity (Wildman–Crippen MR) is 68.0 cm³/mol. The molecular formula is C14H15NO2. The first-order chi connectivity index (χ1) is 8.11. The first-order valence-electron chi connectivity index (χ1n) is 5.57. The van der Waals surface area contributed by atoms with Crippen LogP contribution in [-0.4, -0.2) is 17.1 Å². The number of rotatable bonds is 3. The van der Waals surface area contributed by atoms with Crippen LogP contribution in [0.5, 0.6) is 0 Å². The van der Waals surface area contributed by atoms with Crippen LogP contribution in [0.1, 0.15) is 18.4 Å². The van der Waals surface area contributed by atoms with Gasteiger partial charge < -0.3 is 10.8 Å². The quantitative estimate of drug-likeness (QED) is 0.849. The van der Waals surface area contributed by atoms with Crippen LogP contribution in [0.2, 0.25) is 0 Å². The van der Waals surface area contributed by atoms with Crippen molar-refractivity contribution in [3.8, 4) is 0 Å². The number of hydrogen-bond donors (Lipinski definition) is 2. The average molecular weight is 229 g/mol. The van der Waals surface area contributed by atoms with Crippen LogP contribution in [0.25, 0.3) is 10.8 Å². The summed E-state index contributed by atoms with van der Waals surface area (Å²) in [5, 5.41) is 11.3. The molecular weight excluding hydrogens is 214 g/mol. The molecule has 2 atom stereocenters. The van der Waals surface area contributed by atoms with Crippen LogP contribution in [0, 0.1) is 0 Å². The number of carbonyl (C=O) groups is 1. The van der Waals surface area contributed by atoms with Gasteiger partial charge in [0.2, 0.25) is 0 Å². The number of nitrogens with two attached hydrogens (primary N) is 1. The highest BCUT2D eigenvalue weighted by atomic mass is 16.4. The number of hydrogen-bond acceptors (Lipinski definition) is 2. The lowest BCUT2D eigenvalue weighted by molar-refractivity contribution is -0.139. The Morgan fingerprint density at radius 2 is 1.82 bits per heavy atom. The Morgan fingerprint density at radius 3 is 2.47 bits per heavy atom. The summed E-state index contributed by atoms with van der Waals surface area (Å²) >= 11 is 0. The smallest absolute Gasteiger partial charge is 0.312 e. The highest BCUT2D eigenvalue weighted by molar-refractivity contribution is 5.91. The molecule has 88 valence electrons. The van der Waals surface area contributed by atoms with E-state index in [-0.39, 0.29) is 0 Å². The molecule has 2 aromatic carbocycles. The Balaban J connectivity index is 2.65. The van der Waals surface area contributed by atoms with Gasteiger partial charge in [0, 0.05) is 6.04 Å². The van der Waals surface area contributed by atoms with E-state index in [4.69, 9.17) is 5.73 Å². The normalized spacial score (nSPS) is 14.5. The van der Waals surface area contributed by atoms with Gasteiger partial charge >= 0.3 is 5.97 Å². The van der Waals surface area contributed by atoms with Gasteiger partial charge in [0.25, 0.3) is 0 Å². The van der Waals surface area contributed by atoms with Gasteiger partial charge in [-0.05, 0) is 23.3 Å². The van der Waals surface area contributed by atoms with E-state index in [2.05, 4.69) is 0 Å². The highest BCUT2D eigenvalue weighted by Crippen LogP contribution is 2.27. The monoisotopic (exact) mass is 229 g/mol. The maximum absolute atomic E-state index is 11.3. The number of fused-ring (bicyclic) bond motifs is 1. The molecule has 0 heterocycles. The third-order valence-corrected chi connectivity index (χ3v) is 2.95. The molecule has 2 unspecified atom stereocenters.